The monoisotopic (exact) mass is 316 g/mol. The van der Waals surface area contributed by atoms with E-state index < -0.39 is 28.5 Å². The Balaban J connectivity index is 1.63. The van der Waals surface area contributed by atoms with Gasteiger partial charge in [0.1, 0.15) is 12.4 Å². The van der Waals surface area contributed by atoms with Crippen LogP contribution in [-0.4, -0.2) is 24.1 Å². The molecule has 0 radical (unpaired) electrons. The molecular weight excluding hydrogens is 296 g/mol. The van der Waals surface area contributed by atoms with E-state index in [0.29, 0.717) is 19.4 Å². The number of hydrogen-bond acceptors (Lipinski definition) is 5. The molecule has 0 amide bonds. The average molecular weight is 316 g/mol. The largest absolute Gasteiger partial charge is 0.489 e. The number of carbonyl (C=O) groups is 2. The highest BCUT2D eigenvalue weighted by Crippen LogP contribution is 2.66. The molecule has 0 N–H and O–H groups in total. The van der Waals surface area contributed by atoms with E-state index in [-0.39, 0.29) is 5.97 Å². The number of ether oxygens (including phenoxy) is 3. The number of fused-ring (bicyclic) bond motifs is 3. The highest BCUT2D eigenvalue weighted by molar-refractivity contribution is 5.93. The third-order valence-corrected chi connectivity index (χ3v) is 6.32. The predicted molar refractivity (Wildman–Crippen MR) is 80.7 cm³/mol. The van der Waals surface area contributed by atoms with E-state index in [0.717, 1.165) is 11.3 Å². The fourth-order valence-electron chi connectivity index (χ4n) is 4.16. The lowest BCUT2D eigenvalue weighted by Gasteiger charge is -2.35. The number of rotatable bonds is 2. The van der Waals surface area contributed by atoms with Crippen LogP contribution in [-0.2, 0) is 19.1 Å². The summed E-state index contributed by atoms with van der Waals surface area (Å²) in [7, 11) is 0. The van der Waals surface area contributed by atoms with Crippen LogP contribution in [0.2, 0.25) is 0 Å². The lowest BCUT2D eigenvalue weighted by molar-refractivity contribution is -0.187. The van der Waals surface area contributed by atoms with E-state index >= 15 is 0 Å². The van der Waals surface area contributed by atoms with E-state index in [4.69, 9.17) is 14.2 Å². The molecule has 1 saturated carbocycles. The minimum Gasteiger partial charge on any atom is -0.489 e. The van der Waals surface area contributed by atoms with Gasteiger partial charge < -0.3 is 14.2 Å². The Morgan fingerprint density at radius 2 is 1.96 bits per heavy atom. The smallest absolute Gasteiger partial charge is 0.351 e. The van der Waals surface area contributed by atoms with Gasteiger partial charge in [-0.3, -0.25) is 4.79 Å². The summed E-state index contributed by atoms with van der Waals surface area (Å²) in [5.74, 6) is -0.0158. The first-order valence-corrected chi connectivity index (χ1v) is 7.98. The molecule has 1 aliphatic carbocycles. The molecule has 1 saturated heterocycles. The van der Waals surface area contributed by atoms with Gasteiger partial charge in [-0.15, -0.1) is 0 Å². The molecule has 2 aliphatic heterocycles. The highest BCUT2D eigenvalue weighted by Gasteiger charge is 2.76. The highest BCUT2D eigenvalue weighted by atomic mass is 16.6. The van der Waals surface area contributed by atoms with Gasteiger partial charge in [0.15, 0.2) is 6.10 Å². The van der Waals surface area contributed by atoms with Gasteiger partial charge in [0.2, 0.25) is 5.60 Å². The summed E-state index contributed by atoms with van der Waals surface area (Å²) in [4.78, 5) is 25.2. The first-order valence-electron chi connectivity index (χ1n) is 7.98. The molecule has 122 valence electrons. The van der Waals surface area contributed by atoms with Crippen molar-refractivity contribution < 1.29 is 23.8 Å². The van der Waals surface area contributed by atoms with Crippen molar-refractivity contribution in [2.24, 2.45) is 10.8 Å². The maximum Gasteiger partial charge on any atom is 0.351 e. The topological polar surface area (TPSA) is 61.8 Å². The summed E-state index contributed by atoms with van der Waals surface area (Å²) >= 11 is 0. The van der Waals surface area contributed by atoms with E-state index in [2.05, 4.69) is 0 Å². The van der Waals surface area contributed by atoms with Crippen molar-refractivity contribution in [3.63, 3.8) is 0 Å². The van der Waals surface area contributed by atoms with Crippen LogP contribution in [0.25, 0.3) is 0 Å². The Morgan fingerprint density at radius 3 is 2.61 bits per heavy atom. The quantitative estimate of drug-likeness (QED) is 0.785. The molecule has 1 aromatic rings. The molecule has 3 aliphatic rings. The lowest BCUT2D eigenvalue weighted by atomic mass is 9.66. The van der Waals surface area contributed by atoms with Gasteiger partial charge in [0.25, 0.3) is 0 Å². The molecule has 2 fully saturated rings. The first kappa shape index (κ1) is 14.5. The second kappa shape index (κ2) is 4.28. The van der Waals surface area contributed by atoms with Crippen LogP contribution in [0.5, 0.6) is 5.75 Å². The van der Waals surface area contributed by atoms with Crippen LogP contribution in [0.15, 0.2) is 24.3 Å². The Labute approximate surface area is 134 Å². The molecule has 5 heteroatoms. The molecule has 4 rings (SSSR count). The van der Waals surface area contributed by atoms with E-state index in [1.807, 2.05) is 45.0 Å². The molecule has 0 unspecified atom stereocenters. The van der Waals surface area contributed by atoms with Crippen LogP contribution in [0.1, 0.15) is 45.3 Å². The van der Waals surface area contributed by atoms with Crippen molar-refractivity contribution in [1.82, 2.24) is 0 Å². The summed E-state index contributed by atoms with van der Waals surface area (Å²) in [5, 5.41) is 0. The molecular formula is C18H20O5. The Morgan fingerprint density at radius 1 is 1.22 bits per heavy atom. The second-order valence-corrected chi connectivity index (χ2v) is 7.42. The van der Waals surface area contributed by atoms with Crippen molar-refractivity contribution in [3.8, 4) is 5.75 Å². The third kappa shape index (κ3) is 1.57. The van der Waals surface area contributed by atoms with E-state index in [1.54, 1.807) is 0 Å². The fraction of sp³-hybridized carbons (Fsp3) is 0.556. The van der Waals surface area contributed by atoms with Crippen LogP contribution in [0, 0.1) is 10.8 Å². The summed E-state index contributed by atoms with van der Waals surface area (Å²) in [6.45, 7) is 6.02. The summed E-state index contributed by atoms with van der Waals surface area (Å²) in [6, 6.07) is 7.51. The van der Waals surface area contributed by atoms with Gasteiger partial charge in [0, 0.05) is 11.0 Å². The molecule has 2 heterocycles. The Kier molecular flexibility index (Phi) is 2.70. The van der Waals surface area contributed by atoms with Gasteiger partial charge in [-0.25, -0.2) is 4.79 Å². The number of carbonyl (C=O) groups excluding carboxylic acids is 2. The predicted octanol–water partition coefficient (Wildman–Crippen LogP) is 2.79. The zero-order valence-corrected chi connectivity index (χ0v) is 13.5. The van der Waals surface area contributed by atoms with E-state index in [9.17, 15) is 9.59 Å². The normalized spacial score (nSPS) is 36.3. The third-order valence-electron chi connectivity index (χ3n) is 6.32. The van der Waals surface area contributed by atoms with E-state index in [1.165, 1.54) is 0 Å². The van der Waals surface area contributed by atoms with Crippen molar-refractivity contribution in [1.29, 1.82) is 0 Å². The average Bonchev–Trinajstić information content (AvgIpc) is 3.05. The SMILES string of the molecule is CC1(C)[C@@]2(C)CC[C@]1(C(=O)O[C@H]1COc3ccccc31)OC2=O. The first-order chi connectivity index (χ1) is 10.8. The fourth-order valence-corrected chi connectivity index (χ4v) is 4.16. The van der Waals surface area contributed by atoms with Gasteiger partial charge in [0.05, 0.1) is 5.41 Å². The second-order valence-electron chi connectivity index (χ2n) is 7.42. The standard InChI is InChI=1S/C18H20O5/c1-16(2)17(3)8-9-18(16,23-14(17)19)15(20)22-13-10-21-12-7-5-4-6-11(12)13/h4-7,13H,8-10H2,1-3H3/t13-,17-,18+/m0/s1. The number of benzene rings is 1. The summed E-state index contributed by atoms with van der Waals surface area (Å²) < 4.78 is 16.9. The lowest BCUT2D eigenvalue weighted by Crippen LogP contribution is -2.49. The van der Waals surface area contributed by atoms with Gasteiger partial charge in [-0.2, -0.15) is 0 Å². The zero-order chi connectivity index (χ0) is 16.5. The van der Waals surface area contributed by atoms with Crippen molar-refractivity contribution in [2.45, 2.75) is 45.3 Å². The Hall–Kier alpha value is -2.04. The molecule has 3 atom stereocenters. The number of esters is 2. The van der Waals surface area contributed by atoms with Crippen molar-refractivity contribution >= 4 is 11.9 Å². The molecule has 23 heavy (non-hydrogen) atoms. The van der Waals surface area contributed by atoms with Gasteiger partial charge in [-0.05, 0) is 25.8 Å². The van der Waals surface area contributed by atoms with Crippen molar-refractivity contribution in [3.05, 3.63) is 29.8 Å². The van der Waals surface area contributed by atoms with Crippen LogP contribution >= 0.6 is 0 Å². The molecule has 1 aromatic carbocycles. The van der Waals surface area contributed by atoms with Crippen LogP contribution in [0.3, 0.4) is 0 Å². The molecule has 2 bridgehead atoms. The number of para-hydroxylation sites is 1. The maximum absolute atomic E-state index is 12.9. The van der Waals surface area contributed by atoms with Gasteiger partial charge >= 0.3 is 11.9 Å². The van der Waals surface area contributed by atoms with Crippen LogP contribution < -0.4 is 4.74 Å². The van der Waals surface area contributed by atoms with Crippen molar-refractivity contribution in [2.75, 3.05) is 6.61 Å². The molecule has 5 nitrogen and oxygen atoms in total. The minimum absolute atomic E-state index is 0.297. The minimum atomic E-state index is -1.18. The van der Waals surface area contributed by atoms with Gasteiger partial charge in [-0.1, -0.05) is 32.0 Å². The molecule has 0 aromatic heterocycles. The number of hydrogen-bond donors (Lipinski definition) is 0. The summed E-state index contributed by atoms with van der Waals surface area (Å²) in [6.07, 6.45) is 0.706. The summed E-state index contributed by atoms with van der Waals surface area (Å²) in [5.41, 5.74) is -1.54. The Bertz CT molecular complexity index is 709. The zero-order valence-electron chi connectivity index (χ0n) is 13.5. The molecule has 0 spiro atoms. The maximum atomic E-state index is 12.9. The van der Waals surface area contributed by atoms with Crippen LogP contribution in [0.4, 0.5) is 0 Å².